The fourth-order valence-corrected chi connectivity index (χ4v) is 1.42. The van der Waals surface area contributed by atoms with Crippen molar-refractivity contribution in [2.75, 3.05) is 12.8 Å². The van der Waals surface area contributed by atoms with Crippen molar-refractivity contribution in [3.63, 3.8) is 0 Å². The van der Waals surface area contributed by atoms with Crippen molar-refractivity contribution >= 4 is 16.6 Å². The smallest absolute Gasteiger partial charge is 0.143 e. The van der Waals surface area contributed by atoms with Crippen molar-refractivity contribution in [1.29, 1.82) is 5.26 Å². The van der Waals surface area contributed by atoms with Gasteiger partial charge < -0.3 is 10.5 Å². The summed E-state index contributed by atoms with van der Waals surface area (Å²) in [5.41, 5.74) is 7.37. The van der Waals surface area contributed by atoms with Crippen LogP contribution in [-0.4, -0.2) is 12.1 Å². The number of pyridine rings is 1. The predicted octanol–water partition coefficient (Wildman–Crippen LogP) is 1.70. The zero-order chi connectivity index (χ0) is 10.8. The molecule has 0 bridgehead atoms. The van der Waals surface area contributed by atoms with Gasteiger partial charge in [-0.25, -0.2) is 4.98 Å². The molecular formula is C11H9N3O. The molecule has 0 fully saturated rings. The molecule has 0 aliphatic heterocycles. The van der Waals surface area contributed by atoms with Gasteiger partial charge in [0.1, 0.15) is 17.5 Å². The van der Waals surface area contributed by atoms with Gasteiger partial charge in [-0.05, 0) is 24.3 Å². The molecule has 74 valence electrons. The van der Waals surface area contributed by atoms with Crippen LogP contribution in [0.5, 0.6) is 5.75 Å². The highest BCUT2D eigenvalue weighted by Gasteiger charge is 2.04. The first kappa shape index (κ1) is 9.28. The lowest BCUT2D eigenvalue weighted by atomic mass is 10.1. The number of nitriles is 1. The normalized spacial score (nSPS) is 9.87. The van der Waals surface area contributed by atoms with Gasteiger partial charge in [-0.3, -0.25) is 0 Å². The topological polar surface area (TPSA) is 71.9 Å². The molecule has 1 heterocycles. The van der Waals surface area contributed by atoms with Gasteiger partial charge in [-0.2, -0.15) is 5.26 Å². The second kappa shape index (κ2) is 3.46. The third-order valence-electron chi connectivity index (χ3n) is 2.16. The van der Waals surface area contributed by atoms with Gasteiger partial charge in [0.15, 0.2) is 0 Å². The Morgan fingerprint density at radius 3 is 2.87 bits per heavy atom. The number of nitrogen functional groups attached to an aromatic ring is 1. The summed E-state index contributed by atoms with van der Waals surface area (Å²) in [6.07, 6.45) is 0. The number of hydrogen-bond acceptors (Lipinski definition) is 4. The predicted molar refractivity (Wildman–Crippen MR) is 57.4 cm³/mol. The third-order valence-corrected chi connectivity index (χ3v) is 2.16. The van der Waals surface area contributed by atoms with E-state index in [4.69, 9.17) is 15.7 Å². The maximum atomic E-state index is 8.73. The van der Waals surface area contributed by atoms with Crippen LogP contribution in [0.15, 0.2) is 24.3 Å². The number of aromatic nitrogens is 1. The van der Waals surface area contributed by atoms with Crippen LogP contribution < -0.4 is 10.5 Å². The number of nitrogens with two attached hydrogens (primary N) is 1. The molecule has 0 saturated carbocycles. The van der Waals surface area contributed by atoms with Gasteiger partial charge in [0.2, 0.25) is 0 Å². The van der Waals surface area contributed by atoms with Crippen molar-refractivity contribution < 1.29 is 4.74 Å². The number of rotatable bonds is 1. The molecule has 0 unspecified atom stereocenters. The molecule has 4 nitrogen and oxygen atoms in total. The minimum absolute atomic E-state index is 0.324. The number of methoxy groups -OCH3 is 1. The number of nitrogens with zero attached hydrogens (tertiary/aromatic N) is 2. The van der Waals surface area contributed by atoms with Crippen LogP contribution in [0.25, 0.3) is 10.9 Å². The zero-order valence-corrected chi connectivity index (χ0v) is 8.19. The Balaban J connectivity index is 2.75. The van der Waals surface area contributed by atoms with Crippen LogP contribution in [0.2, 0.25) is 0 Å². The number of hydrogen-bond donors (Lipinski definition) is 1. The molecule has 15 heavy (non-hydrogen) atoms. The number of fused-ring (bicyclic) bond motifs is 1. The van der Waals surface area contributed by atoms with Crippen LogP contribution in [0, 0.1) is 11.3 Å². The third kappa shape index (κ3) is 1.55. The van der Waals surface area contributed by atoms with Gasteiger partial charge in [-0.1, -0.05) is 0 Å². The summed E-state index contributed by atoms with van der Waals surface area (Å²) < 4.78 is 5.09. The van der Waals surface area contributed by atoms with Crippen molar-refractivity contribution in [3.05, 3.63) is 30.0 Å². The molecule has 0 radical (unpaired) electrons. The largest absolute Gasteiger partial charge is 0.497 e. The molecule has 0 saturated heterocycles. The summed E-state index contributed by atoms with van der Waals surface area (Å²) >= 11 is 0. The van der Waals surface area contributed by atoms with E-state index in [2.05, 4.69) is 4.98 Å². The Morgan fingerprint density at radius 2 is 2.20 bits per heavy atom. The summed E-state index contributed by atoms with van der Waals surface area (Å²) in [7, 11) is 1.59. The van der Waals surface area contributed by atoms with E-state index in [1.54, 1.807) is 31.4 Å². The SMILES string of the molecule is COc1ccc2nc(C#N)cc(N)c2c1. The van der Waals surface area contributed by atoms with Gasteiger partial charge >= 0.3 is 0 Å². The van der Waals surface area contributed by atoms with Crippen LogP contribution in [0.1, 0.15) is 5.69 Å². The standard InChI is InChI=1S/C11H9N3O/c1-15-8-2-3-11-9(5-8)10(13)4-7(6-12)14-11/h2-5H,1H3,(H2,13,14). The first-order chi connectivity index (χ1) is 7.24. The van der Waals surface area contributed by atoms with Crippen LogP contribution in [0.3, 0.4) is 0 Å². The van der Waals surface area contributed by atoms with E-state index in [-0.39, 0.29) is 0 Å². The Labute approximate surface area is 86.9 Å². The first-order valence-corrected chi connectivity index (χ1v) is 4.39. The van der Waals surface area contributed by atoms with Crippen LogP contribution in [-0.2, 0) is 0 Å². The van der Waals surface area contributed by atoms with Gasteiger partial charge in [0, 0.05) is 11.1 Å². The molecule has 1 aromatic carbocycles. The lowest BCUT2D eigenvalue weighted by Gasteiger charge is -2.04. The molecule has 2 N–H and O–H groups in total. The maximum Gasteiger partial charge on any atom is 0.143 e. The Morgan fingerprint density at radius 1 is 1.40 bits per heavy atom. The van der Waals surface area contributed by atoms with Crippen molar-refractivity contribution in [3.8, 4) is 11.8 Å². The Bertz CT molecular complexity index is 557. The Hall–Kier alpha value is -2.28. The molecule has 0 atom stereocenters. The van der Waals surface area contributed by atoms with Crippen molar-refractivity contribution in [2.24, 2.45) is 0 Å². The highest BCUT2D eigenvalue weighted by Crippen LogP contribution is 2.24. The quantitative estimate of drug-likeness (QED) is 0.758. The molecule has 1 aromatic heterocycles. The van der Waals surface area contributed by atoms with Crippen molar-refractivity contribution in [2.45, 2.75) is 0 Å². The second-order valence-corrected chi connectivity index (χ2v) is 3.09. The first-order valence-electron chi connectivity index (χ1n) is 4.39. The zero-order valence-electron chi connectivity index (χ0n) is 8.19. The van der Waals surface area contributed by atoms with Crippen LogP contribution in [0.4, 0.5) is 5.69 Å². The van der Waals surface area contributed by atoms with E-state index >= 15 is 0 Å². The van der Waals surface area contributed by atoms with E-state index in [0.29, 0.717) is 16.9 Å². The average molecular weight is 199 g/mol. The number of benzene rings is 1. The van der Waals surface area contributed by atoms with E-state index < -0.39 is 0 Å². The molecule has 0 amide bonds. The molecule has 2 aromatic rings. The number of anilines is 1. The number of ether oxygens (including phenoxy) is 1. The highest BCUT2D eigenvalue weighted by molar-refractivity contribution is 5.91. The van der Waals surface area contributed by atoms with Gasteiger partial charge in [0.05, 0.1) is 12.6 Å². The summed E-state index contributed by atoms with van der Waals surface area (Å²) in [6.45, 7) is 0. The molecule has 4 heteroatoms. The molecular weight excluding hydrogens is 190 g/mol. The summed E-state index contributed by atoms with van der Waals surface area (Å²) in [5, 5.41) is 9.53. The van der Waals surface area contributed by atoms with Crippen LogP contribution >= 0.6 is 0 Å². The fourth-order valence-electron chi connectivity index (χ4n) is 1.42. The van der Waals surface area contributed by atoms with Gasteiger partial charge in [-0.15, -0.1) is 0 Å². The molecule has 0 aliphatic carbocycles. The Kier molecular flexibility index (Phi) is 2.14. The fraction of sp³-hybridized carbons (Fsp3) is 0.0909. The lowest BCUT2D eigenvalue weighted by molar-refractivity contribution is 0.415. The minimum Gasteiger partial charge on any atom is -0.497 e. The van der Waals surface area contributed by atoms with Gasteiger partial charge in [0.25, 0.3) is 0 Å². The van der Waals surface area contributed by atoms with Crippen molar-refractivity contribution in [1.82, 2.24) is 4.98 Å². The minimum atomic E-state index is 0.324. The summed E-state index contributed by atoms with van der Waals surface area (Å²) in [4.78, 5) is 4.13. The molecule has 2 rings (SSSR count). The van der Waals surface area contributed by atoms with E-state index in [0.717, 1.165) is 11.1 Å². The monoisotopic (exact) mass is 199 g/mol. The highest BCUT2D eigenvalue weighted by atomic mass is 16.5. The molecule has 0 aliphatic rings. The van der Waals surface area contributed by atoms with E-state index in [9.17, 15) is 0 Å². The maximum absolute atomic E-state index is 8.73. The molecule has 0 spiro atoms. The van der Waals surface area contributed by atoms with E-state index in [1.807, 2.05) is 6.07 Å². The lowest BCUT2D eigenvalue weighted by Crippen LogP contribution is -1.93. The van der Waals surface area contributed by atoms with E-state index in [1.165, 1.54) is 0 Å². The summed E-state index contributed by atoms with van der Waals surface area (Å²) in [5.74, 6) is 0.723. The second-order valence-electron chi connectivity index (χ2n) is 3.09. The average Bonchev–Trinajstić information content (AvgIpc) is 2.28. The summed E-state index contributed by atoms with van der Waals surface area (Å²) in [6, 6.07) is 8.90.